The third-order valence-electron chi connectivity index (χ3n) is 3.77. The SMILES string of the molecule is CCCC(=O)N[C@H](c1ccco1)c1cc(Cl)c2cccnc2c1O. The van der Waals surface area contributed by atoms with Crippen molar-refractivity contribution in [2.24, 2.45) is 0 Å². The number of phenols is 1. The number of aromatic nitrogens is 1. The molecule has 0 bridgehead atoms. The molecule has 6 heteroatoms. The van der Waals surface area contributed by atoms with E-state index >= 15 is 0 Å². The molecule has 3 rings (SSSR count). The van der Waals surface area contributed by atoms with E-state index in [9.17, 15) is 9.90 Å². The topological polar surface area (TPSA) is 75.4 Å². The van der Waals surface area contributed by atoms with Crippen molar-refractivity contribution in [3.8, 4) is 5.75 Å². The number of benzene rings is 1. The van der Waals surface area contributed by atoms with Crippen molar-refractivity contribution in [2.45, 2.75) is 25.8 Å². The van der Waals surface area contributed by atoms with E-state index in [1.165, 1.54) is 6.26 Å². The second-order valence-corrected chi connectivity index (χ2v) is 5.87. The van der Waals surface area contributed by atoms with Crippen LogP contribution in [-0.2, 0) is 4.79 Å². The summed E-state index contributed by atoms with van der Waals surface area (Å²) in [6, 6.07) is 8.01. The Bertz CT molecular complexity index is 862. The van der Waals surface area contributed by atoms with Gasteiger partial charge >= 0.3 is 0 Å². The van der Waals surface area contributed by atoms with Crippen molar-refractivity contribution in [2.75, 3.05) is 0 Å². The Morgan fingerprint density at radius 3 is 2.96 bits per heavy atom. The summed E-state index contributed by atoms with van der Waals surface area (Å²) in [5.41, 5.74) is 0.840. The van der Waals surface area contributed by atoms with Crippen molar-refractivity contribution < 1.29 is 14.3 Å². The van der Waals surface area contributed by atoms with Crippen LogP contribution in [-0.4, -0.2) is 16.0 Å². The van der Waals surface area contributed by atoms with Crippen LogP contribution in [0.2, 0.25) is 5.02 Å². The average Bonchev–Trinajstić information content (AvgIpc) is 3.11. The van der Waals surface area contributed by atoms with Gasteiger partial charge in [-0.1, -0.05) is 18.5 Å². The molecule has 1 atom stereocenters. The van der Waals surface area contributed by atoms with Crippen LogP contribution in [0.15, 0.2) is 47.2 Å². The van der Waals surface area contributed by atoms with Crippen LogP contribution >= 0.6 is 11.6 Å². The van der Waals surface area contributed by atoms with Gasteiger partial charge in [-0.15, -0.1) is 0 Å². The summed E-state index contributed by atoms with van der Waals surface area (Å²) in [5, 5.41) is 14.7. The van der Waals surface area contributed by atoms with Crippen LogP contribution in [0.1, 0.15) is 37.1 Å². The first-order valence-electron chi connectivity index (χ1n) is 7.70. The minimum Gasteiger partial charge on any atom is -0.505 e. The molecule has 0 aliphatic heterocycles. The molecule has 0 saturated heterocycles. The van der Waals surface area contributed by atoms with Gasteiger partial charge in [-0.3, -0.25) is 9.78 Å². The molecular weight excluding hydrogens is 328 g/mol. The number of aromatic hydroxyl groups is 1. The van der Waals surface area contributed by atoms with Gasteiger partial charge in [0.15, 0.2) is 0 Å². The number of hydrogen-bond donors (Lipinski definition) is 2. The first-order chi connectivity index (χ1) is 11.6. The highest BCUT2D eigenvalue weighted by Gasteiger charge is 2.24. The quantitative estimate of drug-likeness (QED) is 0.727. The number of phenolic OH excluding ortho intramolecular Hbond substituents is 1. The normalized spacial score (nSPS) is 12.2. The molecule has 1 aromatic carbocycles. The smallest absolute Gasteiger partial charge is 0.220 e. The van der Waals surface area contributed by atoms with Crippen molar-refractivity contribution in [1.82, 2.24) is 10.3 Å². The minimum absolute atomic E-state index is 0.0202. The number of pyridine rings is 1. The van der Waals surface area contributed by atoms with Crippen LogP contribution in [0.4, 0.5) is 0 Å². The monoisotopic (exact) mass is 344 g/mol. The standard InChI is InChI=1S/C18H17ClN2O3/c1-2-5-15(22)21-16(14-7-4-9-24-14)12-10-13(19)11-6-3-8-20-17(11)18(12)23/h3-4,6-10,16,23H,2,5H2,1H3,(H,21,22)/t16-/m0/s1. The number of carbonyl (C=O) groups excluding carboxylic acids is 1. The maximum absolute atomic E-state index is 12.1. The van der Waals surface area contributed by atoms with Gasteiger partial charge in [-0.2, -0.15) is 0 Å². The summed E-state index contributed by atoms with van der Waals surface area (Å²) in [6.45, 7) is 1.93. The summed E-state index contributed by atoms with van der Waals surface area (Å²) in [5.74, 6) is 0.366. The Kier molecular flexibility index (Phi) is 4.71. The zero-order valence-corrected chi connectivity index (χ0v) is 13.9. The largest absolute Gasteiger partial charge is 0.505 e. The molecule has 2 N–H and O–H groups in total. The minimum atomic E-state index is -0.636. The fraction of sp³-hybridized carbons (Fsp3) is 0.222. The fourth-order valence-electron chi connectivity index (χ4n) is 2.64. The second-order valence-electron chi connectivity index (χ2n) is 5.46. The van der Waals surface area contributed by atoms with Crippen LogP contribution in [0.3, 0.4) is 0 Å². The van der Waals surface area contributed by atoms with Crippen molar-refractivity contribution >= 4 is 28.4 Å². The lowest BCUT2D eigenvalue weighted by molar-refractivity contribution is -0.121. The number of rotatable bonds is 5. The first kappa shape index (κ1) is 16.3. The van der Waals surface area contributed by atoms with E-state index in [4.69, 9.17) is 16.0 Å². The van der Waals surface area contributed by atoms with Crippen LogP contribution < -0.4 is 5.32 Å². The van der Waals surface area contributed by atoms with Crippen molar-refractivity contribution in [3.05, 3.63) is 59.1 Å². The van der Waals surface area contributed by atoms with Gasteiger partial charge in [0.25, 0.3) is 0 Å². The molecule has 0 aliphatic rings. The van der Waals surface area contributed by atoms with Crippen LogP contribution in [0, 0.1) is 0 Å². The zero-order valence-electron chi connectivity index (χ0n) is 13.1. The summed E-state index contributed by atoms with van der Waals surface area (Å²) < 4.78 is 5.45. The molecular formula is C18H17ClN2O3. The maximum Gasteiger partial charge on any atom is 0.220 e. The van der Waals surface area contributed by atoms with Gasteiger partial charge in [-0.05, 0) is 36.8 Å². The number of hydrogen-bond acceptors (Lipinski definition) is 4. The van der Waals surface area contributed by atoms with Gasteiger partial charge in [-0.25, -0.2) is 0 Å². The molecule has 0 unspecified atom stereocenters. The Hall–Kier alpha value is -2.53. The van der Waals surface area contributed by atoms with E-state index in [-0.39, 0.29) is 11.7 Å². The molecule has 2 heterocycles. The Labute approximate surface area is 144 Å². The number of fused-ring (bicyclic) bond motifs is 1. The number of nitrogens with zero attached hydrogens (tertiary/aromatic N) is 1. The van der Waals surface area contributed by atoms with Gasteiger partial charge in [0.1, 0.15) is 23.1 Å². The molecule has 0 spiro atoms. The number of nitrogens with one attached hydrogen (secondary N) is 1. The van der Waals surface area contributed by atoms with Crippen molar-refractivity contribution in [3.63, 3.8) is 0 Å². The molecule has 0 fully saturated rings. The van der Waals surface area contributed by atoms with Gasteiger partial charge in [0, 0.05) is 23.6 Å². The molecule has 124 valence electrons. The van der Waals surface area contributed by atoms with Gasteiger partial charge < -0.3 is 14.8 Å². The molecule has 0 saturated carbocycles. The Balaban J connectivity index is 2.12. The lowest BCUT2D eigenvalue weighted by Gasteiger charge is -2.19. The highest BCUT2D eigenvalue weighted by Crippen LogP contribution is 2.38. The molecule has 3 aromatic rings. The summed E-state index contributed by atoms with van der Waals surface area (Å²) in [4.78, 5) is 16.3. The molecule has 24 heavy (non-hydrogen) atoms. The molecule has 0 aliphatic carbocycles. The van der Waals surface area contributed by atoms with Crippen LogP contribution in [0.25, 0.3) is 10.9 Å². The van der Waals surface area contributed by atoms with E-state index < -0.39 is 6.04 Å². The van der Waals surface area contributed by atoms with E-state index in [0.717, 1.165) is 6.42 Å². The Morgan fingerprint density at radius 2 is 2.25 bits per heavy atom. The molecule has 5 nitrogen and oxygen atoms in total. The van der Waals surface area contributed by atoms with Crippen molar-refractivity contribution in [1.29, 1.82) is 0 Å². The number of amides is 1. The summed E-state index contributed by atoms with van der Waals surface area (Å²) in [6.07, 6.45) is 4.21. The lowest BCUT2D eigenvalue weighted by atomic mass is 10.0. The Morgan fingerprint density at radius 1 is 1.42 bits per heavy atom. The molecule has 1 amide bonds. The predicted molar refractivity (Wildman–Crippen MR) is 92.0 cm³/mol. The maximum atomic E-state index is 12.1. The van der Waals surface area contributed by atoms with Crippen LogP contribution in [0.5, 0.6) is 5.75 Å². The van der Waals surface area contributed by atoms with E-state index in [2.05, 4.69) is 10.3 Å². The number of halogens is 1. The van der Waals surface area contributed by atoms with E-state index in [1.807, 2.05) is 6.92 Å². The third-order valence-corrected chi connectivity index (χ3v) is 4.08. The molecule has 0 radical (unpaired) electrons. The predicted octanol–water partition coefficient (Wildman–Crippen LogP) is 4.19. The van der Waals surface area contributed by atoms with E-state index in [0.29, 0.717) is 33.7 Å². The summed E-state index contributed by atoms with van der Waals surface area (Å²) >= 11 is 6.34. The molecule has 2 aromatic heterocycles. The number of furan rings is 1. The van der Waals surface area contributed by atoms with Gasteiger partial charge in [0.05, 0.1) is 11.3 Å². The second kappa shape index (κ2) is 6.93. The van der Waals surface area contributed by atoms with Gasteiger partial charge in [0.2, 0.25) is 5.91 Å². The third kappa shape index (κ3) is 3.08. The lowest BCUT2D eigenvalue weighted by Crippen LogP contribution is -2.28. The highest BCUT2D eigenvalue weighted by molar-refractivity contribution is 6.35. The fourth-order valence-corrected chi connectivity index (χ4v) is 2.91. The zero-order chi connectivity index (χ0) is 17.1. The first-order valence-corrected chi connectivity index (χ1v) is 8.08. The van der Waals surface area contributed by atoms with E-state index in [1.54, 1.807) is 36.5 Å². The number of carbonyl (C=O) groups is 1. The highest BCUT2D eigenvalue weighted by atomic mass is 35.5. The summed E-state index contributed by atoms with van der Waals surface area (Å²) in [7, 11) is 0. The average molecular weight is 345 g/mol.